The van der Waals surface area contributed by atoms with E-state index in [1.165, 1.54) is 103 Å². The molecule has 0 radical (unpaired) electrons. The number of ether oxygens (including phenoxy) is 2. The Morgan fingerprint density at radius 3 is 1.50 bits per heavy atom. The van der Waals surface area contributed by atoms with Gasteiger partial charge < -0.3 is 25.2 Å². The standard InChI is InChI=1S/C44H78NO10P/c1-3-5-7-9-11-13-15-17-19-20-22-24-26-28-30-32-34-36-43(47)55-40(38-53-56(50,51)54-39-41(45)44(48)49)37-52-42(46)35-33-31-29-27-25-23-21-18-16-14-12-10-8-6-4-2/h17,19,22,24,28-31,40-41H,3-16,18,20-21,23,25-27,32-39,45H2,1-2H3,(H,48,49)(H,50,51)/b19-17+,24-22+,30-28+,31-29+/t40-,41+/m1/s1. The summed E-state index contributed by atoms with van der Waals surface area (Å²) in [5.41, 5.74) is 5.32. The van der Waals surface area contributed by atoms with Crippen molar-refractivity contribution in [1.29, 1.82) is 0 Å². The van der Waals surface area contributed by atoms with E-state index in [-0.39, 0.29) is 19.4 Å². The van der Waals surface area contributed by atoms with Crippen LogP contribution in [-0.2, 0) is 37.5 Å². The molecule has 4 N–H and O–H groups in total. The summed E-state index contributed by atoms with van der Waals surface area (Å²) in [7, 11) is -4.74. The quantitative estimate of drug-likeness (QED) is 0.0233. The van der Waals surface area contributed by atoms with Gasteiger partial charge in [-0.25, -0.2) is 4.57 Å². The fourth-order valence-corrected chi connectivity index (χ4v) is 6.41. The summed E-state index contributed by atoms with van der Waals surface area (Å²) in [4.78, 5) is 45.9. The van der Waals surface area contributed by atoms with Crippen LogP contribution in [0, 0.1) is 0 Å². The number of phosphoric acid groups is 1. The van der Waals surface area contributed by atoms with E-state index < -0.39 is 51.1 Å². The van der Waals surface area contributed by atoms with Gasteiger partial charge in [-0.2, -0.15) is 0 Å². The molecule has 0 amide bonds. The number of nitrogens with two attached hydrogens (primary N) is 1. The Balaban J connectivity index is 4.50. The van der Waals surface area contributed by atoms with Gasteiger partial charge >= 0.3 is 25.7 Å². The number of esters is 2. The number of carboxylic acids is 1. The van der Waals surface area contributed by atoms with E-state index in [1.54, 1.807) is 0 Å². The molecule has 0 heterocycles. The minimum absolute atomic E-state index is 0.0820. The first-order valence-electron chi connectivity index (χ1n) is 21.7. The van der Waals surface area contributed by atoms with E-state index in [4.69, 9.17) is 24.8 Å². The Kier molecular flexibility index (Phi) is 37.5. The smallest absolute Gasteiger partial charge is 0.472 e. The molecule has 0 aromatic heterocycles. The molecule has 0 bridgehead atoms. The number of carbonyl (C=O) groups excluding carboxylic acids is 2. The number of carbonyl (C=O) groups is 3. The van der Waals surface area contributed by atoms with Gasteiger partial charge in [-0.15, -0.1) is 0 Å². The van der Waals surface area contributed by atoms with Crippen LogP contribution in [0.1, 0.15) is 181 Å². The maximum absolute atomic E-state index is 12.6. The Bertz CT molecular complexity index is 1140. The SMILES string of the molecule is CCCCCCCC/C=C/C/C=C/C/C=C/CCCC(=O)O[C@H](COC(=O)CC/C=C/CCCCCCCCCCCCC)COP(=O)(O)OC[C@H](N)C(=O)O. The van der Waals surface area contributed by atoms with Crippen LogP contribution in [0.2, 0.25) is 0 Å². The van der Waals surface area contributed by atoms with E-state index in [1.807, 2.05) is 18.2 Å². The molecule has 0 fully saturated rings. The first-order chi connectivity index (χ1) is 27.1. The van der Waals surface area contributed by atoms with Gasteiger partial charge in [0.05, 0.1) is 13.2 Å². The zero-order chi connectivity index (χ0) is 41.4. The Morgan fingerprint density at radius 1 is 0.554 bits per heavy atom. The number of hydrogen-bond acceptors (Lipinski definition) is 9. The zero-order valence-electron chi connectivity index (χ0n) is 35.0. The highest BCUT2D eigenvalue weighted by Crippen LogP contribution is 2.43. The van der Waals surface area contributed by atoms with E-state index in [2.05, 4.69) is 48.8 Å². The molecule has 0 spiro atoms. The summed E-state index contributed by atoms with van der Waals surface area (Å²) in [6, 6.07) is -1.53. The fraction of sp³-hybridized carbons (Fsp3) is 0.750. The lowest BCUT2D eigenvalue weighted by Gasteiger charge is -2.20. The number of hydrogen-bond donors (Lipinski definition) is 3. The third-order valence-electron chi connectivity index (χ3n) is 9.06. The van der Waals surface area contributed by atoms with Crippen LogP contribution in [0.15, 0.2) is 48.6 Å². The average molecular weight is 812 g/mol. The lowest BCUT2D eigenvalue weighted by molar-refractivity contribution is -0.161. The largest absolute Gasteiger partial charge is 0.480 e. The number of aliphatic carboxylic acids is 1. The Hall–Kier alpha value is -2.56. The summed E-state index contributed by atoms with van der Waals surface area (Å²) in [6.07, 6.45) is 43.4. The van der Waals surface area contributed by atoms with Crippen LogP contribution < -0.4 is 5.73 Å². The number of rotatable bonds is 40. The highest BCUT2D eigenvalue weighted by Gasteiger charge is 2.28. The van der Waals surface area contributed by atoms with Crippen LogP contribution >= 0.6 is 7.82 Å². The number of phosphoric ester groups is 1. The molecule has 3 atom stereocenters. The van der Waals surface area contributed by atoms with Crippen molar-refractivity contribution in [1.82, 2.24) is 0 Å². The van der Waals surface area contributed by atoms with Crippen molar-refractivity contribution < 1.29 is 47.5 Å². The topological polar surface area (TPSA) is 172 Å². The summed E-state index contributed by atoms with van der Waals surface area (Å²) < 4.78 is 32.6. The lowest BCUT2D eigenvalue weighted by atomic mass is 10.1. The molecule has 56 heavy (non-hydrogen) atoms. The van der Waals surface area contributed by atoms with Gasteiger partial charge in [0.25, 0.3) is 0 Å². The van der Waals surface area contributed by atoms with Crippen molar-refractivity contribution in [3.63, 3.8) is 0 Å². The molecule has 0 aliphatic rings. The highest BCUT2D eigenvalue weighted by molar-refractivity contribution is 7.47. The minimum Gasteiger partial charge on any atom is -0.480 e. The van der Waals surface area contributed by atoms with Crippen LogP contribution in [0.4, 0.5) is 0 Å². The fourth-order valence-electron chi connectivity index (χ4n) is 5.63. The van der Waals surface area contributed by atoms with Crippen molar-refractivity contribution in [3.05, 3.63) is 48.6 Å². The zero-order valence-corrected chi connectivity index (χ0v) is 35.9. The van der Waals surface area contributed by atoms with Crippen LogP contribution in [0.3, 0.4) is 0 Å². The molecule has 0 saturated heterocycles. The summed E-state index contributed by atoms with van der Waals surface area (Å²) >= 11 is 0. The second-order valence-corrected chi connectivity index (χ2v) is 15.9. The van der Waals surface area contributed by atoms with E-state index in [9.17, 15) is 23.8 Å². The number of unbranched alkanes of at least 4 members (excludes halogenated alkanes) is 18. The normalized spacial score (nSPS) is 14.2. The average Bonchev–Trinajstić information content (AvgIpc) is 3.17. The van der Waals surface area contributed by atoms with E-state index in [0.29, 0.717) is 19.3 Å². The van der Waals surface area contributed by atoms with Crippen molar-refractivity contribution in [2.45, 2.75) is 193 Å². The molecule has 1 unspecified atom stereocenters. The Morgan fingerprint density at radius 2 is 0.982 bits per heavy atom. The molecule has 0 aromatic carbocycles. The van der Waals surface area contributed by atoms with Crippen LogP contribution in [0.25, 0.3) is 0 Å². The maximum Gasteiger partial charge on any atom is 0.472 e. The van der Waals surface area contributed by atoms with Crippen LogP contribution in [0.5, 0.6) is 0 Å². The monoisotopic (exact) mass is 812 g/mol. The second-order valence-electron chi connectivity index (χ2n) is 14.5. The first kappa shape index (κ1) is 53.4. The molecule has 0 aromatic rings. The molecule has 0 rings (SSSR count). The molecule has 0 saturated carbocycles. The second kappa shape index (κ2) is 39.3. The number of carboxylic acid groups (broad SMARTS) is 1. The van der Waals surface area contributed by atoms with E-state index in [0.717, 1.165) is 32.1 Å². The van der Waals surface area contributed by atoms with Gasteiger partial charge in [0.2, 0.25) is 0 Å². The van der Waals surface area contributed by atoms with Crippen molar-refractivity contribution in [3.8, 4) is 0 Å². The molecule has 324 valence electrons. The maximum atomic E-state index is 12.6. The molecule has 11 nitrogen and oxygen atoms in total. The van der Waals surface area contributed by atoms with Crippen molar-refractivity contribution in [2.75, 3.05) is 19.8 Å². The van der Waals surface area contributed by atoms with Crippen LogP contribution in [-0.4, -0.2) is 59.9 Å². The van der Waals surface area contributed by atoms with E-state index >= 15 is 0 Å². The Labute approximate surface area is 339 Å². The van der Waals surface area contributed by atoms with Crippen molar-refractivity contribution in [2.24, 2.45) is 5.73 Å². The third-order valence-corrected chi connectivity index (χ3v) is 10.0. The van der Waals surface area contributed by atoms with Gasteiger partial charge in [-0.3, -0.25) is 23.4 Å². The molecule has 12 heteroatoms. The summed E-state index contributed by atoms with van der Waals surface area (Å²) in [5, 5.41) is 8.88. The van der Waals surface area contributed by atoms with Crippen molar-refractivity contribution >= 4 is 25.7 Å². The highest BCUT2D eigenvalue weighted by atomic mass is 31.2. The molecule has 0 aliphatic heterocycles. The first-order valence-corrected chi connectivity index (χ1v) is 23.2. The van der Waals surface area contributed by atoms with Gasteiger partial charge in [-0.05, 0) is 57.8 Å². The van der Waals surface area contributed by atoms with Gasteiger partial charge in [0.15, 0.2) is 6.10 Å². The molecule has 0 aliphatic carbocycles. The van der Waals surface area contributed by atoms with Gasteiger partial charge in [0, 0.05) is 12.8 Å². The molecular weight excluding hydrogens is 733 g/mol. The lowest BCUT2D eigenvalue weighted by Crippen LogP contribution is -2.34. The summed E-state index contributed by atoms with van der Waals surface area (Å²) in [6.45, 7) is 2.70. The predicted molar refractivity (Wildman–Crippen MR) is 226 cm³/mol. The molecular formula is C44H78NO10P. The predicted octanol–water partition coefficient (Wildman–Crippen LogP) is 11.4. The number of allylic oxidation sites excluding steroid dienone is 8. The van der Waals surface area contributed by atoms with Gasteiger partial charge in [-0.1, -0.05) is 159 Å². The third kappa shape index (κ3) is 38.3. The minimum atomic E-state index is -4.74. The summed E-state index contributed by atoms with van der Waals surface area (Å²) in [5.74, 6) is -2.51. The van der Waals surface area contributed by atoms with Gasteiger partial charge in [0.1, 0.15) is 12.6 Å².